The van der Waals surface area contributed by atoms with Gasteiger partial charge < -0.3 is 0 Å². The molecule has 99 heavy (non-hydrogen) atoms. The van der Waals surface area contributed by atoms with Gasteiger partial charge in [-0.15, -0.1) is 0 Å². The lowest BCUT2D eigenvalue weighted by Crippen LogP contribution is -2.28. The van der Waals surface area contributed by atoms with E-state index in [0.717, 1.165) is 0 Å². The molecule has 0 saturated heterocycles. The number of hydrogen-bond donors (Lipinski definition) is 0. The van der Waals surface area contributed by atoms with Crippen molar-refractivity contribution in [3.8, 4) is 89.0 Å². The molecular formula is C99H92. The van der Waals surface area contributed by atoms with Crippen molar-refractivity contribution in [3.63, 3.8) is 0 Å². The van der Waals surface area contributed by atoms with Crippen molar-refractivity contribution in [3.05, 3.63) is 331 Å². The lowest BCUT2D eigenvalue weighted by atomic mass is 9.67. The van der Waals surface area contributed by atoms with Crippen LogP contribution in [0.25, 0.3) is 89.0 Å². The van der Waals surface area contributed by atoms with Gasteiger partial charge in [0.05, 0.1) is 16.2 Å². The Labute approximate surface area is 589 Å². The van der Waals surface area contributed by atoms with Crippen LogP contribution in [0.1, 0.15) is 225 Å². The summed E-state index contributed by atoms with van der Waals surface area (Å²) in [6.45, 7) is 42.7. The first-order chi connectivity index (χ1) is 46.8. The van der Waals surface area contributed by atoms with E-state index in [2.05, 4.69) is 355 Å². The van der Waals surface area contributed by atoms with Crippen LogP contribution in [0.3, 0.4) is 0 Å². The lowest BCUT2D eigenvalue weighted by molar-refractivity contribution is 0.586. The predicted octanol–water partition coefficient (Wildman–Crippen LogP) is 25.8. The van der Waals surface area contributed by atoms with E-state index in [1.807, 2.05) is 0 Å². The van der Waals surface area contributed by atoms with E-state index < -0.39 is 16.2 Å². The molecule has 0 atom stereocenters. The Morgan fingerprint density at radius 3 is 0.495 bits per heavy atom. The van der Waals surface area contributed by atoms with Crippen LogP contribution < -0.4 is 0 Å². The zero-order chi connectivity index (χ0) is 69.0. The summed E-state index contributed by atoms with van der Waals surface area (Å²) in [4.78, 5) is 0. The van der Waals surface area contributed by atoms with Crippen molar-refractivity contribution in [1.82, 2.24) is 0 Å². The number of benzene rings is 12. The molecule has 0 radical (unpaired) electrons. The van der Waals surface area contributed by atoms with E-state index in [-0.39, 0.29) is 32.5 Å². The van der Waals surface area contributed by atoms with E-state index >= 15 is 0 Å². The highest BCUT2D eigenvalue weighted by atomic mass is 14.6. The minimum absolute atomic E-state index is 0.0404. The summed E-state index contributed by atoms with van der Waals surface area (Å²) in [6.07, 6.45) is 0. The summed E-state index contributed by atoms with van der Waals surface area (Å²) in [5, 5.41) is 0. The highest BCUT2D eigenvalue weighted by molar-refractivity contribution is 6.01. The first kappa shape index (κ1) is 61.9. The summed E-state index contributed by atoms with van der Waals surface area (Å²) in [5.74, 6) is 0. The van der Waals surface area contributed by atoms with Crippen LogP contribution in [0.5, 0.6) is 0 Å². The molecule has 12 aromatic carbocycles. The van der Waals surface area contributed by atoms with Gasteiger partial charge in [0.25, 0.3) is 0 Å². The Hall–Kier alpha value is -9.36. The minimum Gasteiger partial charge on any atom is -0.0619 e. The summed E-state index contributed by atoms with van der Waals surface area (Å²) in [7, 11) is 0. The fraction of sp³-hybridized carbons (Fsp3) is 0.273. The third-order valence-corrected chi connectivity index (χ3v) is 24.5. The third kappa shape index (κ3) is 8.33. The van der Waals surface area contributed by atoms with Crippen molar-refractivity contribution in [2.45, 2.75) is 173 Å². The second kappa shape index (κ2) is 20.0. The van der Waals surface area contributed by atoms with Gasteiger partial charge in [-0.05, 0) is 246 Å². The fourth-order valence-electron chi connectivity index (χ4n) is 19.1. The van der Waals surface area contributed by atoms with E-state index in [1.54, 1.807) is 0 Å². The Morgan fingerprint density at radius 1 is 0.152 bits per heavy atom. The van der Waals surface area contributed by atoms with Gasteiger partial charge in [-0.3, -0.25) is 0 Å². The van der Waals surface area contributed by atoms with Crippen molar-refractivity contribution in [1.29, 1.82) is 0 Å². The maximum atomic E-state index is 2.65. The number of rotatable bonds is 2. The van der Waals surface area contributed by atoms with Gasteiger partial charge in [-0.1, -0.05) is 331 Å². The molecule has 0 heterocycles. The molecule has 3 spiro atoms. The normalized spacial score (nSPS) is 15.6. The van der Waals surface area contributed by atoms with Gasteiger partial charge in [-0.2, -0.15) is 0 Å². The second-order valence-electron chi connectivity index (χ2n) is 36.4. The Bertz CT molecular complexity index is 5070. The molecule has 488 valence electrons. The topological polar surface area (TPSA) is 0 Å². The molecule has 6 aliphatic carbocycles. The monoisotopic (exact) mass is 1280 g/mol. The van der Waals surface area contributed by atoms with E-state index in [4.69, 9.17) is 0 Å². The Kier molecular flexibility index (Phi) is 12.5. The van der Waals surface area contributed by atoms with Crippen molar-refractivity contribution in [2.75, 3.05) is 0 Å². The molecule has 0 unspecified atom stereocenters. The zero-order valence-electron chi connectivity index (χ0n) is 61.4. The van der Waals surface area contributed by atoms with Gasteiger partial charge in [0.2, 0.25) is 0 Å². The van der Waals surface area contributed by atoms with E-state index in [9.17, 15) is 0 Å². The standard InChI is InChI=1S/C99H92/c1-91(2,3)61-31-41-73-74-42-32-62(92(4,5)6)52-86(74)97(85(73)51-61)79-25-21-19-23-67(79)69-37-27-57(47-81(69)97)59-29-39-71-72-40-30-60(50-84(72)99(83(71)49-59)89-55-65(95(13,14)15)35-45-77(89)78-46-36-66(56-90(78)99)96(16,17)18)58-28-38-70-68-24-20-22-26-80(68)98(82(70)48-58)87-53-63(93(7,8)9)33-43-75(87)76-44-34-64(54-88(76)98)94(10,11)12/h19-56H,1-18H3. The summed E-state index contributed by atoms with van der Waals surface area (Å²) < 4.78 is 0. The van der Waals surface area contributed by atoms with Gasteiger partial charge in [0, 0.05) is 0 Å². The van der Waals surface area contributed by atoms with Gasteiger partial charge in [0.15, 0.2) is 0 Å². The number of hydrogen-bond acceptors (Lipinski definition) is 0. The lowest BCUT2D eigenvalue weighted by Gasteiger charge is -2.34. The van der Waals surface area contributed by atoms with Gasteiger partial charge in [0.1, 0.15) is 0 Å². The molecule has 0 N–H and O–H groups in total. The van der Waals surface area contributed by atoms with Crippen molar-refractivity contribution in [2.24, 2.45) is 0 Å². The number of fused-ring (bicyclic) bond motifs is 30. The smallest absolute Gasteiger partial charge is 0.0619 e. The molecule has 6 aliphatic rings. The van der Waals surface area contributed by atoms with Crippen LogP contribution in [0.15, 0.2) is 231 Å². The molecule has 0 nitrogen and oxygen atoms in total. The summed E-state index contributed by atoms with van der Waals surface area (Å²) >= 11 is 0. The fourth-order valence-corrected chi connectivity index (χ4v) is 19.1. The molecule has 12 aromatic rings. The summed E-state index contributed by atoms with van der Waals surface area (Å²) in [5.41, 5.74) is 43.5. The van der Waals surface area contributed by atoms with Gasteiger partial charge >= 0.3 is 0 Å². The maximum Gasteiger partial charge on any atom is 0.0726 e. The van der Waals surface area contributed by atoms with Crippen molar-refractivity contribution >= 4 is 0 Å². The molecule has 0 bridgehead atoms. The first-order valence-electron chi connectivity index (χ1n) is 36.5. The van der Waals surface area contributed by atoms with Crippen molar-refractivity contribution < 1.29 is 0 Å². The van der Waals surface area contributed by atoms with Crippen LogP contribution in [0, 0.1) is 0 Å². The Balaban J connectivity index is 0.885. The molecule has 0 fully saturated rings. The quantitative estimate of drug-likeness (QED) is 0.162. The average Bonchev–Trinajstić information content (AvgIpc) is 1.52. The third-order valence-electron chi connectivity index (χ3n) is 24.5. The zero-order valence-corrected chi connectivity index (χ0v) is 61.4. The van der Waals surface area contributed by atoms with Crippen LogP contribution >= 0.6 is 0 Å². The highest BCUT2D eigenvalue weighted by Gasteiger charge is 2.56. The maximum absolute atomic E-state index is 2.65. The molecule has 18 rings (SSSR count). The Morgan fingerprint density at radius 2 is 0.303 bits per heavy atom. The van der Waals surface area contributed by atoms with Gasteiger partial charge in [-0.25, -0.2) is 0 Å². The molecular weight excluding hydrogens is 1190 g/mol. The SMILES string of the molecule is CC(C)(C)c1ccc2c(c1)C1(c3ccccc3-c3ccc(-c4ccc5c(c4)C4(c6cc(-c7ccc8c(c7)C7(c9ccccc9-8)c8cc(C(C)(C)C)ccc8-c8ccc(C(C)(C)C)cc87)ccc6-5)c5cc(C(C)(C)C)ccc5-c5ccc(C(C)(C)C)cc54)cc31)c1cc(C(C)(C)C)ccc1-2. The second-order valence-corrected chi connectivity index (χ2v) is 36.4. The van der Waals surface area contributed by atoms with Crippen LogP contribution in [-0.4, -0.2) is 0 Å². The molecule has 0 heteroatoms. The van der Waals surface area contributed by atoms with Crippen LogP contribution in [0.2, 0.25) is 0 Å². The minimum atomic E-state index is -0.654. The predicted molar refractivity (Wildman–Crippen MR) is 418 cm³/mol. The highest BCUT2D eigenvalue weighted by Crippen LogP contribution is 2.69. The van der Waals surface area contributed by atoms with Crippen LogP contribution in [0.4, 0.5) is 0 Å². The average molecular weight is 1280 g/mol. The molecule has 0 aromatic heterocycles. The largest absolute Gasteiger partial charge is 0.0726 e. The molecule has 0 aliphatic heterocycles. The van der Waals surface area contributed by atoms with E-state index in [1.165, 1.54) is 189 Å². The molecule has 0 amide bonds. The first-order valence-corrected chi connectivity index (χ1v) is 36.5. The summed E-state index contributed by atoms with van der Waals surface area (Å²) in [6, 6.07) is 93.7. The van der Waals surface area contributed by atoms with Crippen LogP contribution in [-0.2, 0) is 48.7 Å². The molecule has 0 saturated carbocycles. The van der Waals surface area contributed by atoms with E-state index in [0.29, 0.717) is 0 Å².